The number of pyridine rings is 1. The van der Waals surface area contributed by atoms with E-state index in [9.17, 15) is 18.0 Å². The summed E-state index contributed by atoms with van der Waals surface area (Å²) in [5, 5.41) is 9.59. The highest BCUT2D eigenvalue weighted by Crippen LogP contribution is 2.43. The lowest BCUT2D eigenvalue weighted by Gasteiger charge is -2.33. The Morgan fingerprint density at radius 2 is 1.97 bits per heavy atom. The smallest absolute Gasteiger partial charge is 0.363 e. The monoisotopic (exact) mass is 479 g/mol. The lowest BCUT2D eigenvalue weighted by molar-refractivity contribution is -0.173. The highest BCUT2D eigenvalue weighted by atomic mass is 79.9. The number of hydrogen-bond donors (Lipinski definition) is 2. The van der Waals surface area contributed by atoms with Gasteiger partial charge >= 0.3 is 6.18 Å². The van der Waals surface area contributed by atoms with E-state index < -0.39 is 24.2 Å². The third-order valence-corrected chi connectivity index (χ3v) is 5.35. The summed E-state index contributed by atoms with van der Waals surface area (Å²) in [6.45, 7) is 1.77. The number of aromatic nitrogens is 3. The topological polar surface area (TPSA) is 71.8 Å². The van der Waals surface area contributed by atoms with Gasteiger partial charge in [0.1, 0.15) is 11.6 Å². The fourth-order valence-electron chi connectivity index (χ4n) is 3.39. The molecule has 3 heterocycles. The largest absolute Gasteiger partial charge is 0.410 e. The molecule has 0 fully saturated rings. The first-order chi connectivity index (χ1) is 14.2. The minimum atomic E-state index is -4.51. The zero-order valence-corrected chi connectivity index (χ0v) is 17.3. The first-order valence-electron chi connectivity index (χ1n) is 9.14. The predicted molar refractivity (Wildman–Crippen MR) is 109 cm³/mol. The quantitative estimate of drug-likeness (QED) is 0.537. The Morgan fingerprint density at radius 3 is 2.63 bits per heavy atom. The zero-order chi connectivity index (χ0) is 21.5. The SMILES string of the molecule is Cc1cccc(NC(=O)c2cc3n(n2)[C@@H](C(F)(F)F)C[C@H](c2ccc(Br)cc2)N3)n1. The first kappa shape index (κ1) is 20.4. The Bertz CT molecular complexity index is 1080. The van der Waals surface area contributed by atoms with Gasteiger partial charge in [0.2, 0.25) is 0 Å². The number of amides is 1. The van der Waals surface area contributed by atoms with Gasteiger partial charge in [0.15, 0.2) is 11.7 Å². The van der Waals surface area contributed by atoms with Gasteiger partial charge in [-0.15, -0.1) is 0 Å². The Hall–Kier alpha value is -2.88. The number of carbonyl (C=O) groups is 1. The molecule has 0 unspecified atom stereocenters. The minimum absolute atomic E-state index is 0.119. The number of anilines is 2. The molecule has 1 amide bonds. The molecule has 2 N–H and O–H groups in total. The van der Waals surface area contributed by atoms with Crippen molar-refractivity contribution >= 4 is 33.5 Å². The maximum absolute atomic E-state index is 13.8. The molecule has 0 saturated carbocycles. The van der Waals surface area contributed by atoms with Gasteiger partial charge in [-0.2, -0.15) is 18.3 Å². The second-order valence-electron chi connectivity index (χ2n) is 7.02. The van der Waals surface area contributed by atoms with E-state index >= 15 is 0 Å². The number of carbonyl (C=O) groups excluding carboxylic acids is 1. The fourth-order valence-corrected chi connectivity index (χ4v) is 3.66. The van der Waals surface area contributed by atoms with Gasteiger partial charge < -0.3 is 10.6 Å². The summed E-state index contributed by atoms with van der Waals surface area (Å²) in [7, 11) is 0. The lowest BCUT2D eigenvalue weighted by Crippen LogP contribution is -2.35. The van der Waals surface area contributed by atoms with E-state index in [1.165, 1.54) is 6.07 Å². The summed E-state index contributed by atoms with van der Waals surface area (Å²) in [6, 6.07) is 11.1. The summed E-state index contributed by atoms with van der Waals surface area (Å²) < 4.78 is 43.0. The van der Waals surface area contributed by atoms with Crippen LogP contribution in [0.5, 0.6) is 0 Å². The molecule has 6 nitrogen and oxygen atoms in total. The van der Waals surface area contributed by atoms with Crippen molar-refractivity contribution in [3.8, 4) is 0 Å². The van der Waals surface area contributed by atoms with E-state index in [4.69, 9.17) is 0 Å². The number of alkyl halides is 3. The Morgan fingerprint density at radius 1 is 1.23 bits per heavy atom. The second-order valence-corrected chi connectivity index (χ2v) is 7.93. The van der Waals surface area contributed by atoms with Crippen LogP contribution in [0.3, 0.4) is 0 Å². The average Bonchev–Trinajstić information content (AvgIpc) is 3.11. The van der Waals surface area contributed by atoms with Crippen LogP contribution in [0.25, 0.3) is 0 Å². The molecule has 1 aliphatic heterocycles. The van der Waals surface area contributed by atoms with Crippen LogP contribution in [0.2, 0.25) is 0 Å². The van der Waals surface area contributed by atoms with E-state index in [0.717, 1.165) is 14.7 Å². The Kier molecular flexibility index (Phi) is 5.27. The summed E-state index contributed by atoms with van der Waals surface area (Å²) in [5.41, 5.74) is 1.30. The van der Waals surface area contributed by atoms with E-state index in [0.29, 0.717) is 11.5 Å². The predicted octanol–water partition coefficient (Wildman–Crippen LogP) is 5.26. The molecule has 0 spiro atoms. The van der Waals surface area contributed by atoms with Crippen molar-refractivity contribution in [3.05, 3.63) is 70.0 Å². The van der Waals surface area contributed by atoms with Crippen LogP contribution < -0.4 is 10.6 Å². The van der Waals surface area contributed by atoms with E-state index in [-0.39, 0.29) is 17.9 Å². The van der Waals surface area contributed by atoms with Crippen LogP contribution in [-0.4, -0.2) is 26.8 Å². The summed E-state index contributed by atoms with van der Waals surface area (Å²) >= 11 is 3.33. The average molecular weight is 480 g/mol. The van der Waals surface area contributed by atoms with E-state index in [2.05, 4.69) is 36.6 Å². The van der Waals surface area contributed by atoms with Crippen molar-refractivity contribution in [3.63, 3.8) is 0 Å². The van der Waals surface area contributed by atoms with Gasteiger partial charge in [-0.25, -0.2) is 9.67 Å². The molecular formula is C20H17BrF3N5O. The standard InChI is InChI=1S/C20H17BrF3N5O/c1-11-3-2-4-17(25-11)27-19(30)15-10-18-26-14(12-5-7-13(21)8-6-12)9-16(20(22,23)24)29(18)28-15/h2-8,10,14,16,26H,9H2,1H3,(H,25,27,30)/t14-,16-/m1/s1. The van der Waals surface area contributed by atoms with Crippen molar-refractivity contribution in [1.82, 2.24) is 14.8 Å². The van der Waals surface area contributed by atoms with Crippen molar-refractivity contribution in [2.45, 2.75) is 31.6 Å². The Balaban J connectivity index is 1.64. The molecular weight excluding hydrogens is 463 g/mol. The van der Waals surface area contributed by atoms with E-state index in [1.807, 2.05) is 0 Å². The molecule has 156 valence electrons. The molecule has 30 heavy (non-hydrogen) atoms. The number of halogens is 4. The van der Waals surface area contributed by atoms with Crippen LogP contribution in [-0.2, 0) is 0 Å². The molecule has 2 atom stereocenters. The molecule has 0 saturated heterocycles. The number of aryl methyl sites for hydroxylation is 1. The molecule has 3 aromatic rings. The Labute approximate surface area is 178 Å². The molecule has 1 aromatic carbocycles. The normalized spacial score (nSPS) is 18.4. The third-order valence-electron chi connectivity index (χ3n) is 4.82. The number of benzene rings is 1. The lowest BCUT2D eigenvalue weighted by atomic mass is 9.97. The maximum Gasteiger partial charge on any atom is 0.410 e. The highest BCUT2D eigenvalue weighted by Gasteiger charge is 2.46. The molecule has 0 radical (unpaired) electrons. The fraction of sp³-hybridized carbons (Fsp3) is 0.250. The van der Waals surface area contributed by atoms with Crippen molar-refractivity contribution < 1.29 is 18.0 Å². The van der Waals surface area contributed by atoms with Gasteiger partial charge in [0, 0.05) is 22.7 Å². The van der Waals surface area contributed by atoms with E-state index in [1.54, 1.807) is 49.4 Å². The van der Waals surface area contributed by atoms with Crippen molar-refractivity contribution in [2.75, 3.05) is 10.6 Å². The van der Waals surface area contributed by atoms with Crippen LogP contribution in [0.4, 0.5) is 24.8 Å². The number of rotatable bonds is 3. The van der Waals surface area contributed by atoms with Gasteiger partial charge in [0.05, 0.1) is 6.04 Å². The van der Waals surface area contributed by atoms with Crippen molar-refractivity contribution in [2.24, 2.45) is 0 Å². The zero-order valence-electron chi connectivity index (χ0n) is 15.7. The van der Waals surface area contributed by atoms with Gasteiger partial charge in [-0.05, 0) is 36.8 Å². The molecule has 0 aliphatic carbocycles. The first-order valence-corrected chi connectivity index (χ1v) is 9.93. The van der Waals surface area contributed by atoms with Crippen LogP contribution in [0, 0.1) is 6.92 Å². The summed E-state index contributed by atoms with van der Waals surface area (Å²) in [6.07, 6.45) is -4.75. The number of nitrogens with one attached hydrogen (secondary N) is 2. The number of nitrogens with zero attached hydrogens (tertiary/aromatic N) is 3. The van der Waals surface area contributed by atoms with Crippen LogP contribution >= 0.6 is 15.9 Å². The molecule has 10 heteroatoms. The number of fused-ring (bicyclic) bond motifs is 1. The summed E-state index contributed by atoms with van der Waals surface area (Å²) in [5.74, 6) is -0.184. The number of hydrogen-bond acceptors (Lipinski definition) is 4. The molecule has 2 aromatic heterocycles. The highest BCUT2D eigenvalue weighted by molar-refractivity contribution is 9.10. The van der Waals surface area contributed by atoms with Crippen molar-refractivity contribution in [1.29, 1.82) is 0 Å². The maximum atomic E-state index is 13.8. The van der Waals surface area contributed by atoms with Crippen LogP contribution in [0.15, 0.2) is 53.0 Å². The van der Waals surface area contributed by atoms with Crippen LogP contribution in [0.1, 0.15) is 40.3 Å². The summed E-state index contributed by atoms with van der Waals surface area (Å²) in [4.78, 5) is 16.7. The van der Waals surface area contributed by atoms with Gasteiger partial charge in [-0.1, -0.05) is 34.1 Å². The van der Waals surface area contributed by atoms with Gasteiger partial charge in [0.25, 0.3) is 5.91 Å². The second kappa shape index (κ2) is 7.75. The molecule has 1 aliphatic rings. The van der Waals surface area contributed by atoms with Gasteiger partial charge in [-0.3, -0.25) is 4.79 Å². The minimum Gasteiger partial charge on any atom is -0.363 e. The molecule has 0 bridgehead atoms. The molecule has 4 rings (SSSR count). The third kappa shape index (κ3) is 4.18.